The first-order valence-electron chi connectivity index (χ1n) is 11.7. The van der Waals surface area contributed by atoms with E-state index in [1.54, 1.807) is 0 Å². The first-order valence-corrected chi connectivity index (χ1v) is 11.7. The van der Waals surface area contributed by atoms with Crippen LogP contribution in [0.4, 0.5) is 0 Å². The summed E-state index contributed by atoms with van der Waals surface area (Å²) in [5.74, 6) is 1.35. The third-order valence-corrected chi connectivity index (χ3v) is 7.22. The molecule has 2 heterocycles. The molecule has 5 heteroatoms. The van der Waals surface area contributed by atoms with Crippen molar-refractivity contribution in [3.05, 3.63) is 71.8 Å². The smallest absolute Gasteiger partial charge is 0.209 e. The van der Waals surface area contributed by atoms with Crippen LogP contribution in [0.2, 0.25) is 0 Å². The number of nitrogens with zero attached hydrogens (tertiary/aromatic N) is 3. The number of ether oxygens (including phenoxy) is 1. The highest BCUT2D eigenvalue weighted by Gasteiger charge is 2.45. The van der Waals surface area contributed by atoms with Crippen LogP contribution in [-0.4, -0.2) is 79.6 Å². The normalized spacial score (nSPS) is 27.4. The molecule has 0 aromatic heterocycles. The first-order chi connectivity index (χ1) is 15.3. The minimum Gasteiger partial charge on any atom is -0.374 e. The van der Waals surface area contributed by atoms with Crippen molar-refractivity contribution in [2.24, 2.45) is 11.8 Å². The molecule has 5 nitrogen and oxygen atoms in total. The number of hydrogen-bond acceptors (Lipinski definition) is 4. The summed E-state index contributed by atoms with van der Waals surface area (Å²) in [6, 6.07) is 22.1. The van der Waals surface area contributed by atoms with Gasteiger partial charge in [-0.25, -0.2) is 0 Å². The maximum atomic E-state index is 11.1. The van der Waals surface area contributed by atoms with Crippen LogP contribution in [0.15, 0.2) is 60.7 Å². The molecule has 164 valence electrons. The van der Waals surface area contributed by atoms with Gasteiger partial charge in [-0.1, -0.05) is 60.7 Å². The van der Waals surface area contributed by atoms with Crippen LogP contribution in [0.3, 0.4) is 0 Å². The quantitative estimate of drug-likeness (QED) is 0.647. The van der Waals surface area contributed by atoms with Gasteiger partial charge in [-0.3, -0.25) is 9.69 Å². The average Bonchev–Trinajstić information content (AvgIpc) is 3.61. The van der Waals surface area contributed by atoms with E-state index in [1.165, 1.54) is 24.1 Å². The standard InChI is InChI=1S/C26H33N3O2/c30-20-28-15-16-31-25(19-28)24-17-23(24)18-27-11-13-29(14-12-27)26(21-7-3-1-4-8-21)22-9-5-2-6-10-22/h1-10,20,23-26H,11-19H2. The molecule has 1 aliphatic carbocycles. The van der Waals surface area contributed by atoms with Crippen LogP contribution in [0.1, 0.15) is 23.6 Å². The van der Waals surface area contributed by atoms with Gasteiger partial charge in [0.05, 0.1) is 18.8 Å². The highest BCUT2D eigenvalue weighted by molar-refractivity contribution is 5.47. The number of amides is 1. The summed E-state index contributed by atoms with van der Waals surface area (Å²) in [4.78, 5) is 18.2. The zero-order valence-electron chi connectivity index (χ0n) is 18.2. The Morgan fingerprint density at radius 1 is 0.903 bits per heavy atom. The van der Waals surface area contributed by atoms with Crippen molar-refractivity contribution in [3.63, 3.8) is 0 Å². The fourth-order valence-electron chi connectivity index (χ4n) is 5.41. The molecule has 3 atom stereocenters. The van der Waals surface area contributed by atoms with Crippen molar-refractivity contribution in [2.45, 2.75) is 18.6 Å². The largest absolute Gasteiger partial charge is 0.374 e. The van der Waals surface area contributed by atoms with Crippen molar-refractivity contribution < 1.29 is 9.53 Å². The number of rotatable bonds is 7. The maximum absolute atomic E-state index is 11.1. The molecule has 2 saturated heterocycles. The Bertz CT molecular complexity index is 799. The van der Waals surface area contributed by atoms with E-state index in [0.29, 0.717) is 18.6 Å². The summed E-state index contributed by atoms with van der Waals surface area (Å²) >= 11 is 0. The fourth-order valence-corrected chi connectivity index (χ4v) is 5.41. The van der Waals surface area contributed by atoms with E-state index in [1.807, 2.05) is 4.90 Å². The number of carbonyl (C=O) groups is 1. The van der Waals surface area contributed by atoms with Crippen LogP contribution >= 0.6 is 0 Å². The summed E-state index contributed by atoms with van der Waals surface area (Å²) < 4.78 is 5.97. The Morgan fingerprint density at radius 3 is 2.16 bits per heavy atom. The van der Waals surface area contributed by atoms with Crippen LogP contribution in [0.25, 0.3) is 0 Å². The Balaban J connectivity index is 1.17. The Labute approximate surface area is 185 Å². The SMILES string of the molecule is O=CN1CCOC(C2CC2CN2CCN(C(c3ccccc3)c3ccccc3)CC2)C1. The average molecular weight is 420 g/mol. The summed E-state index contributed by atoms with van der Waals surface area (Å²) in [6.07, 6.45) is 2.46. The third-order valence-electron chi connectivity index (χ3n) is 7.22. The van der Waals surface area contributed by atoms with Crippen molar-refractivity contribution in [2.75, 3.05) is 52.4 Å². The number of carbonyl (C=O) groups excluding carboxylic acids is 1. The summed E-state index contributed by atoms with van der Waals surface area (Å²) in [5, 5.41) is 0. The van der Waals surface area contributed by atoms with Crippen molar-refractivity contribution in [1.29, 1.82) is 0 Å². The monoisotopic (exact) mass is 419 g/mol. The Kier molecular flexibility index (Phi) is 6.35. The lowest BCUT2D eigenvalue weighted by Crippen LogP contribution is -2.48. The number of morpholine rings is 1. The second-order valence-electron chi connectivity index (χ2n) is 9.23. The van der Waals surface area contributed by atoms with E-state index in [2.05, 4.69) is 70.5 Å². The van der Waals surface area contributed by atoms with Crippen LogP contribution in [0.5, 0.6) is 0 Å². The van der Waals surface area contributed by atoms with Gasteiger partial charge >= 0.3 is 0 Å². The Hall–Kier alpha value is -2.21. The molecule has 31 heavy (non-hydrogen) atoms. The number of hydrogen-bond donors (Lipinski definition) is 0. The zero-order chi connectivity index (χ0) is 21.0. The van der Waals surface area contributed by atoms with Crippen LogP contribution in [0, 0.1) is 11.8 Å². The molecule has 2 aliphatic heterocycles. The molecule has 1 saturated carbocycles. The fraction of sp³-hybridized carbons (Fsp3) is 0.500. The molecular weight excluding hydrogens is 386 g/mol. The van der Waals surface area contributed by atoms with E-state index in [4.69, 9.17) is 4.74 Å². The van der Waals surface area contributed by atoms with Crippen molar-refractivity contribution in [1.82, 2.24) is 14.7 Å². The van der Waals surface area contributed by atoms with E-state index in [0.717, 1.165) is 51.6 Å². The van der Waals surface area contributed by atoms with E-state index in [9.17, 15) is 4.79 Å². The molecule has 1 amide bonds. The lowest BCUT2D eigenvalue weighted by atomic mass is 9.96. The summed E-state index contributed by atoms with van der Waals surface area (Å²) in [6.45, 7) is 7.77. The molecule has 3 aliphatic rings. The van der Waals surface area contributed by atoms with Gasteiger partial charge in [0.15, 0.2) is 0 Å². The molecule has 2 aromatic carbocycles. The molecule has 5 rings (SSSR count). The summed E-state index contributed by atoms with van der Waals surface area (Å²) in [5.41, 5.74) is 2.75. The summed E-state index contributed by atoms with van der Waals surface area (Å²) in [7, 11) is 0. The number of piperazine rings is 1. The van der Waals surface area contributed by atoms with Gasteiger partial charge in [0.25, 0.3) is 0 Å². The van der Waals surface area contributed by atoms with Gasteiger partial charge in [-0.2, -0.15) is 0 Å². The van der Waals surface area contributed by atoms with E-state index >= 15 is 0 Å². The lowest BCUT2D eigenvalue weighted by Gasteiger charge is -2.40. The van der Waals surface area contributed by atoms with Gasteiger partial charge < -0.3 is 14.5 Å². The molecule has 0 N–H and O–H groups in total. The predicted molar refractivity (Wildman–Crippen MR) is 122 cm³/mol. The number of benzene rings is 2. The zero-order valence-corrected chi connectivity index (χ0v) is 18.2. The third kappa shape index (κ3) is 4.84. The lowest BCUT2D eigenvalue weighted by molar-refractivity contribution is -0.126. The van der Waals surface area contributed by atoms with E-state index < -0.39 is 0 Å². The highest BCUT2D eigenvalue weighted by atomic mass is 16.5. The van der Waals surface area contributed by atoms with Crippen LogP contribution < -0.4 is 0 Å². The van der Waals surface area contributed by atoms with Crippen molar-refractivity contribution in [3.8, 4) is 0 Å². The minimum atomic E-state index is 0.241. The molecule has 3 unspecified atom stereocenters. The molecule has 0 spiro atoms. The topological polar surface area (TPSA) is 36.0 Å². The van der Waals surface area contributed by atoms with Gasteiger partial charge in [0.2, 0.25) is 6.41 Å². The minimum absolute atomic E-state index is 0.241. The highest BCUT2D eigenvalue weighted by Crippen LogP contribution is 2.44. The van der Waals surface area contributed by atoms with Gasteiger partial charge in [-0.15, -0.1) is 0 Å². The van der Waals surface area contributed by atoms with Gasteiger partial charge in [0, 0.05) is 45.8 Å². The maximum Gasteiger partial charge on any atom is 0.209 e. The molecule has 0 bridgehead atoms. The first kappa shape index (κ1) is 20.7. The molecule has 3 fully saturated rings. The Morgan fingerprint density at radius 2 is 1.55 bits per heavy atom. The second-order valence-corrected chi connectivity index (χ2v) is 9.23. The van der Waals surface area contributed by atoms with E-state index in [-0.39, 0.29) is 6.10 Å². The van der Waals surface area contributed by atoms with Gasteiger partial charge in [-0.05, 0) is 29.4 Å². The molecular formula is C26H33N3O2. The van der Waals surface area contributed by atoms with Gasteiger partial charge in [0.1, 0.15) is 0 Å². The van der Waals surface area contributed by atoms with Crippen LogP contribution in [-0.2, 0) is 9.53 Å². The van der Waals surface area contributed by atoms with Crippen molar-refractivity contribution >= 4 is 6.41 Å². The molecule has 2 aromatic rings. The predicted octanol–water partition coefficient (Wildman–Crippen LogP) is 2.89. The second kappa shape index (κ2) is 9.51. The molecule has 0 radical (unpaired) electrons.